The van der Waals surface area contributed by atoms with Crippen LogP contribution in [0.25, 0.3) is 0 Å². The van der Waals surface area contributed by atoms with Gasteiger partial charge in [-0.25, -0.2) is 0 Å². The van der Waals surface area contributed by atoms with Crippen molar-refractivity contribution in [3.63, 3.8) is 0 Å². The predicted molar refractivity (Wildman–Crippen MR) is 93.8 cm³/mol. The van der Waals surface area contributed by atoms with E-state index < -0.39 is 5.97 Å². The Hall–Kier alpha value is -1.79. The van der Waals surface area contributed by atoms with Gasteiger partial charge in [0.1, 0.15) is 12.4 Å². The summed E-state index contributed by atoms with van der Waals surface area (Å²) < 4.78 is 5.61. The van der Waals surface area contributed by atoms with Crippen molar-refractivity contribution in [2.24, 2.45) is 5.92 Å². The number of halogens is 1. The van der Waals surface area contributed by atoms with Gasteiger partial charge >= 0.3 is 5.97 Å². The summed E-state index contributed by atoms with van der Waals surface area (Å²) in [6, 6.07) is 7.33. The number of ether oxygens (including phenoxy) is 1. The molecule has 2 bridgehead atoms. The molecule has 2 aliphatic heterocycles. The van der Waals surface area contributed by atoms with Gasteiger partial charge in [0, 0.05) is 24.2 Å². The number of fused-ring (bicyclic) bond motifs is 2. The molecule has 2 saturated heterocycles. The van der Waals surface area contributed by atoms with E-state index in [-0.39, 0.29) is 30.5 Å². The average molecular weight is 367 g/mol. The number of likely N-dealkylation sites (N-methyl/N-ethyl adjacent to an activating group) is 1. The van der Waals surface area contributed by atoms with Crippen LogP contribution in [0.2, 0.25) is 5.02 Å². The molecule has 25 heavy (non-hydrogen) atoms. The maximum Gasteiger partial charge on any atom is 0.308 e. The number of aliphatic carboxylic acids is 1. The highest BCUT2D eigenvalue weighted by Crippen LogP contribution is 2.41. The summed E-state index contributed by atoms with van der Waals surface area (Å²) in [5.74, 6) is -0.353. The Morgan fingerprint density at radius 2 is 2.04 bits per heavy atom. The van der Waals surface area contributed by atoms with Gasteiger partial charge in [-0.05, 0) is 43.5 Å². The van der Waals surface area contributed by atoms with Gasteiger partial charge in [-0.3, -0.25) is 14.5 Å². The van der Waals surface area contributed by atoms with Gasteiger partial charge in [-0.1, -0.05) is 11.6 Å². The van der Waals surface area contributed by atoms with E-state index in [1.54, 1.807) is 36.2 Å². The zero-order chi connectivity index (χ0) is 18.0. The fourth-order valence-corrected chi connectivity index (χ4v) is 3.97. The molecule has 0 radical (unpaired) electrons. The lowest BCUT2D eigenvalue weighted by Gasteiger charge is -2.25. The summed E-state index contributed by atoms with van der Waals surface area (Å²) in [5, 5.41) is 9.94. The van der Waals surface area contributed by atoms with Crippen LogP contribution in [-0.2, 0) is 9.59 Å². The first-order chi connectivity index (χ1) is 12.0. The standard InChI is InChI=1S/C18H23ClN2O4/c1-20(8-9-25-14-5-2-12(19)3-6-14)17(22)11-21-13-4-7-16(21)15(10-13)18(23)24/h2-3,5-6,13,15-16H,4,7-11H2,1H3,(H,23,24). The van der Waals surface area contributed by atoms with Crippen LogP contribution in [0.15, 0.2) is 24.3 Å². The van der Waals surface area contributed by atoms with Crippen molar-refractivity contribution >= 4 is 23.5 Å². The largest absolute Gasteiger partial charge is 0.492 e. The number of nitrogens with zero attached hydrogens (tertiary/aromatic N) is 2. The number of benzene rings is 1. The molecule has 6 nitrogen and oxygen atoms in total. The van der Waals surface area contributed by atoms with Gasteiger partial charge in [0.15, 0.2) is 0 Å². The third-order valence-electron chi connectivity index (χ3n) is 5.25. The van der Waals surface area contributed by atoms with E-state index in [1.807, 2.05) is 0 Å². The quantitative estimate of drug-likeness (QED) is 0.800. The van der Waals surface area contributed by atoms with E-state index in [1.165, 1.54) is 0 Å². The molecule has 3 rings (SSSR count). The highest BCUT2D eigenvalue weighted by molar-refractivity contribution is 6.30. The second-order valence-electron chi connectivity index (χ2n) is 6.77. The second kappa shape index (κ2) is 7.62. The number of carbonyl (C=O) groups excluding carboxylic acids is 1. The van der Waals surface area contributed by atoms with Crippen LogP contribution in [0.3, 0.4) is 0 Å². The van der Waals surface area contributed by atoms with Crippen LogP contribution in [0.1, 0.15) is 19.3 Å². The van der Waals surface area contributed by atoms with Crippen molar-refractivity contribution in [1.82, 2.24) is 9.80 Å². The zero-order valence-electron chi connectivity index (χ0n) is 14.2. The summed E-state index contributed by atoms with van der Waals surface area (Å²) >= 11 is 5.83. The van der Waals surface area contributed by atoms with E-state index in [2.05, 4.69) is 4.90 Å². The van der Waals surface area contributed by atoms with Gasteiger partial charge in [-0.2, -0.15) is 0 Å². The number of carbonyl (C=O) groups is 2. The number of carboxylic acid groups (broad SMARTS) is 1. The minimum absolute atomic E-state index is 0.00245. The Bertz CT molecular complexity index is 636. The minimum Gasteiger partial charge on any atom is -0.492 e. The first kappa shape index (κ1) is 18.0. The van der Waals surface area contributed by atoms with E-state index in [0.29, 0.717) is 30.3 Å². The number of carboxylic acids is 1. The first-order valence-corrected chi connectivity index (χ1v) is 8.94. The summed E-state index contributed by atoms with van der Waals surface area (Å²) in [6.07, 6.45) is 2.53. The zero-order valence-corrected chi connectivity index (χ0v) is 15.0. The molecule has 136 valence electrons. The molecule has 1 aromatic rings. The SMILES string of the molecule is CN(CCOc1ccc(Cl)cc1)C(=O)CN1C2CCC1C(C(=O)O)C2. The average Bonchev–Trinajstić information content (AvgIpc) is 3.13. The molecule has 7 heteroatoms. The van der Waals surface area contributed by atoms with Gasteiger partial charge < -0.3 is 14.7 Å². The molecule has 0 aliphatic carbocycles. The molecular formula is C18H23ClN2O4. The van der Waals surface area contributed by atoms with Gasteiger partial charge in [0.2, 0.25) is 5.91 Å². The lowest BCUT2D eigenvalue weighted by atomic mass is 9.89. The van der Waals surface area contributed by atoms with Crippen molar-refractivity contribution in [1.29, 1.82) is 0 Å². The monoisotopic (exact) mass is 366 g/mol. The van der Waals surface area contributed by atoms with E-state index in [9.17, 15) is 14.7 Å². The molecule has 1 amide bonds. The molecule has 1 N–H and O–H groups in total. The lowest BCUT2D eigenvalue weighted by Crippen LogP contribution is -2.43. The smallest absolute Gasteiger partial charge is 0.308 e. The molecule has 0 aromatic heterocycles. The highest BCUT2D eigenvalue weighted by Gasteiger charge is 2.49. The Labute approximate surface area is 152 Å². The van der Waals surface area contributed by atoms with Crippen molar-refractivity contribution in [3.05, 3.63) is 29.3 Å². The van der Waals surface area contributed by atoms with Crippen LogP contribution in [-0.4, -0.2) is 65.6 Å². The number of hydrogen-bond acceptors (Lipinski definition) is 4. The van der Waals surface area contributed by atoms with Crippen molar-refractivity contribution in [2.75, 3.05) is 26.7 Å². The van der Waals surface area contributed by atoms with Crippen molar-refractivity contribution in [2.45, 2.75) is 31.3 Å². The first-order valence-electron chi connectivity index (χ1n) is 8.56. The molecule has 3 unspecified atom stereocenters. The third kappa shape index (κ3) is 4.07. The Kier molecular flexibility index (Phi) is 5.49. The minimum atomic E-state index is -0.741. The van der Waals surface area contributed by atoms with Crippen LogP contribution in [0.5, 0.6) is 5.75 Å². The maximum atomic E-state index is 12.4. The highest BCUT2D eigenvalue weighted by atomic mass is 35.5. The summed E-state index contributed by atoms with van der Waals surface area (Å²) in [4.78, 5) is 27.5. The predicted octanol–water partition coefficient (Wildman–Crippen LogP) is 2.11. The fraction of sp³-hybridized carbons (Fsp3) is 0.556. The summed E-state index contributed by atoms with van der Waals surface area (Å²) in [5.41, 5.74) is 0. The number of hydrogen-bond donors (Lipinski definition) is 1. The molecule has 2 fully saturated rings. The van der Waals surface area contributed by atoms with Crippen molar-refractivity contribution in [3.8, 4) is 5.75 Å². The van der Waals surface area contributed by atoms with Gasteiger partial charge in [0.05, 0.1) is 19.0 Å². The molecule has 0 saturated carbocycles. The third-order valence-corrected chi connectivity index (χ3v) is 5.50. The normalized spacial score (nSPS) is 25.1. The van der Waals surface area contributed by atoms with Crippen LogP contribution in [0.4, 0.5) is 0 Å². The summed E-state index contributed by atoms with van der Waals surface area (Å²) in [6.45, 7) is 1.16. The van der Waals surface area contributed by atoms with E-state index in [0.717, 1.165) is 12.8 Å². The Balaban J connectivity index is 1.45. The number of amides is 1. The Morgan fingerprint density at radius 3 is 2.68 bits per heavy atom. The molecule has 2 heterocycles. The Morgan fingerprint density at radius 1 is 1.32 bits per heavy atom. The second-order valence-corrected chi connectivity index (χ2v) is 7.21. The molecular weight excluding hydrogens is 344 g/mol. The van der Waals surface area contributed by atoms with Crippen LogP contribution < -0.4 is 4.74 Å². The van der Waals surface area contributed by atoms with E-state index >= 15 is 0 Å². The van der Waals surface area contributed by atoms with Gasteiger partial charge in [0.25, 0.3) is 0 Å². The topological polar surface area (TPSA) is 70.1 Å². The van der Waals surface area contributed by atoms with Crippen LogP contribution >= 0.6 is 11.6 Å². The number of rotatable bonds is 7. The maximum absolute atomic E-state index is 12.4. The van der Waals surface area contributed by atoms with Crippen molar-refractivity contribution < 1.29 is 19.4 Å². The fourth-order valence-electron chi connectivity index (χ4n) is 3.85. The molecule has 0 spiro atoms. The lowest BCUT2D eigenvalue weighted by molar-refractivity contribution is -0.143. The molecule has 2 aliphatic rings. The van der Waals surface area contributed by atoms with E-state index in [4.69, 9.17) is 16.3 Å². The van der Waals surface area contributed by atoms with Gasteiger partial charge in [-0.15, -0.1) is 0 Å². The molecule has 3 atom stereocenters. The summed E-state index contributed by atoms with van der Waals surface area (Å²) in [7, 11) is 1.75. The van der Waals surface area contributed by atoms with Crippen LogP contribution in [0, 0.1) is 5.92 Å². The molecule has 1 aromatic carbocycles.